The van der Waals surface area contributed by atoms with E-state index in [1.165, 1.54) is 20.7 Å². The first-order valence-electron chi connectivity index (χ1n) is 13.7. The number of hydrogen-bond acceptors (Lipinski definition) is 2. The maximum Gasteiger partial charge on any atom is 0.182 e. The summed E-state index contributed by atoms with van der Waals surface area (Å²) in [5, 5.41) is 5.97. The molecule has 0 unspecified atom stereocenters. The van der Waals surface area contributed by atoms with E-state index in [4.69, 9.17) is 0 Å². The van der Waals surface area contributed by atoms with Gasteiger partial charge in [0.05, 0.1) is 8.96 Å². The van der Waals surface area contributed by atoms with E-state index in [0.29, 0.717) is 0 Å². The quantitative estimate of drug-likeness (QED) is 0.297. The van der Waals surface area contributed by atoms with Crippen LogP contribution in [0.25, 0.3) is 0 Å². The average molecular weight is 571 g/mol. The summed E-state index contributed by atoms with van der Waals surface area (Å²) in [6.45, 7) is 16.9. The van der Waals surface area contributed by atoms with Crippen molar-refractivity contribution in [2.75, 3.05) is 7.05 Å². The molecule has 6 heteroatoms. The highest BCUT2D eigenvalue weighted by Gasteiger charge is 2.37. The van der Waals surface area contributed by atoms with Gasteiger partial charge < -0.3 is 8.88 Å². The summed E-state index contributed by atoms with van der Waals surface area (Å²) in [5.41, 5.74) is 0. The van der Waals surface area contributed by atoms with Crippen LogP contribution >= 0.6 is 0 Å². The molecule has 0 aromatic heterocycles. The number of nitrogens with zero attached hydrogens (tertiary/aromatic N) is 1. The first-order chi connectivity index (χ1) is 18.0. The fourth-order valence-corrected chi connectivity index (χ4v) is 22.6. The van der Waals surface area contributed by atoms with Crippen molar-refractivity contribution < 1.29 is 0 Å². The molecule has 0 aliphatic carbocycles. The van der Waals surface area contributed by atoms with Crippen molar-refractivity contribution in [3.05, 3.63) is 121 Å². The molecule has 0 heterocycles. The minimum absolute atomic E-state index is 0.834. The predicted octanol–water partition coefficient (Wildman–Crippen LogP) is 5.09. The summed E-state index contributed by atoms with van der Waals surface area (Å²) >= 11 is 0. The molecule has 0 spiro atoms. The van der Waals surface area contributed by atoms with Crippen molar-refractivity contribution in [1.82, 2.24) is 8.88 Å². The van der Waals surface area contributed by atoms with E-state index in [-0.39, 0.29) is 0 Å². The average Bonchev–Trinajstić information content (AvgIpc) is 2.94. The van der Waals surface area contributed by atoms with Crippen molar-refractivity contribution in [2.45, 2.75) is 45.8 Å². The van der Waals surface area contributed by atoms with E-state index < -0.39 is 33.7 Å². The van der Waals surface area contributed by atoms with E-state index in [0.717, 1.165) is 0 Å². The van der Waals surface area contributed by atoms with Gasteiger partial charge in [-0.15, -0.1) is 0 Å². The van der Waals surface area contributed by atoms with Crippen LogP contribution in [0.2, 0.25) is 45.8 Å². The van der Waals surface area contributed by atoms with Crippen LogP contribution < -0.4 is 25.4 Å². The van der Waals surface area contributed by atoms with Crippen LogP contribution in [0.3, 0.4) is 0 Å². The molecule has 4 aromatic rings. The molecule has 0 aliphatic rings. The van der Waals surface area contributed by atoms with E-state index >= 15 is 0 Å². The zero-order chi connectivity index (χ0) is 27.8. The molecule has 0 aliphatic heterocycles. The Morgan fingerprint density at radius 2 is 0.737 bits per heavy atom. The van der Waals surface area contributed by atoms with Gasteiger partial charge in [0.15, 0.2) is 8.24 Å². The van der Waals surface area contributed by atoms with Crippen molar-refractivity contribution in [3.8, 4) is 0 Å². The number of rotatable bonds is 8. The lowest BCUT2D eigenvalue weighted by molar-refractivity contribution is 0.799. The number of benzene rings is 4. The highest BCUT2D eigenvalue weighted by atomic mass is 28.4. The van der Waals surface area contributed by atoms with E-state index in [1.807, 2.05) is 0 Å². The van der Waals surface area contributed by atoms with Gasteiger partial charge in [-0.2, -0.15) is 0 Å². The molecule has 0 atom stereocenters. The van der Waals surface area contributed by atoms with Crippen molar-refractivity contribution in [3.63, 3.8) is 0 Å². The topological polar surface area (TPSA) is 15.3 Å². The lowest BCUT2D eigenvalue weighted by Gasteiger charge is -2.40. The van der Waals surface area contributed by atoms with Crippen LogP contribution in [0.5, 0.6) is 0 Å². The molecule has 0 radical (unpaired) electrons. The molecular weight excluding hydrogens is 525 g/mol. The predicted molar refractivity (Wildman–Crippen MR) is 181 cm³/mol. The highest BCUT2D eigenvalue weighted by molar-refractivity contribution is 7.03. The van der Waals surface area contributed by atoms with Crippen LogP contribution in [0, 0.1) is 0 Å². The van der Waals surface area contributed by atoms with E-state index in [1.54, 1.807) is 0 Å². The molecule has 0 amide bonds. The third-order valence-electron chi connectivity index (χ3n) is 7.77. The molecule has 0 saturated carbocycles. The molecule has 200 valence electrons. The third kappa shape index (κ3) is 7.40. The Bertz CT molecular complexity index is 1140. The number of nitrogens with one attached hydrogen (secondary N) is 1. The van der Waals surface area contributed by atoms with Gasteiger partial charge in [0.2, 0.25) is 0 Å². The Labute approximate surface area is 236 Å². The molecule has 0 saturated heterocycles. The fraction of sp³-hybridized carbons (Fsp3) is 0.250. The number of hydrogen-bond donors (Lipinski definition) is 1. The standard InChI is InChI=1S/2C16H23NSi2/c1-18(2,15-11-7-5-8-12-15)17-19(3,4)16-13-9-6-10-14-16;1-17(18(2)3)19(4,15-11-7-5-8-12-15)16-13-9-6-10-14-16/h5-14,17H,1-4H3;5-14,18H,1-4H3. The highest BCUT2D eigenvalue weighted by Crippen LogP contribution is 2.12. The SMILES string of the molecule is CN([SiH](C)C)[Si](C)(c1ccccc1)c1ccccc1.C[Si](C)(N[Si](C)(C)c1ccccc1)c1ccccc1. The second-order valence-electron chi connectivity index (χ2n) is 11.6. The largest absolute Gasteiger partial charge is 0.353 e. The Hall–Kier alpha value is -2.33. The van der Waals surface area contributed by atoms with Crippen LogP contribution in [0.15, 0.2) is 121 Å². The lowest BCUT2D eigenvalue weighted by atomic mass is 10.4. The maximum absolute atomic E-state index is 4.04. The van der Waals surface area contributed by atoms with Gasteiger partial charge in [0.25, 0.3) is 0 Å². The van der Waals surface area contributed by atoms with Gasteiger partial charge in [0, 0.05) is 0 Å². The Kier molecular flexibility index (Phi) is 10.5. The van der Waals surface area contributed by atoms with Crippen LogP contribution in [-0.4, -0.2) is 44.9 Å². The van der Waals surface area contributed by atoms with Gasteiger partial charge >= 0.3 is 0 Å². The first kappa shape index (κ1) is 30.2. The molecule has 4 aromatic carbocycles. The Balaban J connectivity index is 0.000000211. The fourth-order valence-electron chi connectivity index (χ4n) is 5.25. The summed E-state index contributed by atoms with van der Waals surface area (Å²) in [7, 11) is -3.46. The van der Waals surface area contributed by atoms with Gasteiger partial charge in [-0.25, -0.2) is 0 Å². The lowest BCUT2D eigenvalue weighted by Crippen LogP contribution is -2.69. The minimum Gasteiger partial charge on any atom is -0.353 e. The molecule has 2 nitrogen and oxygen atoms in total. The monoisotopic (exact) mass is 570 g/mol. The van der Waals surface area contributed by atoms with Crippen molar-refractivity contribution in [1.29, 1.82) is 0 Å². The minimum atomic E-state index is -1.77. The smallest absolute Gasteiger partial charge is 0.182 e. The third-order valence-corrected chi connectivity index (χ3v) is 25.3. The second kappa shape index (κ2) is 13.1. The van der Waals surface area contributed by atoms with E-state index in [2.05, 4.69) is 183 Å². The van der Waals surface area contributed by atoms with Crippen molar-refractivity contribution in [2.24, 2.45) is 0 Å². The van der Waals surface area contributed by atoms with Crippen LogP contribution in [-0.2, 0) is 0 Å². The Morgan fingerprint density at radius 1 is 0.474 bits per heavy atom. The molecule has 0 bridgehead atoms. The summed E-state index contributed by atoms with van der Waals surface area (Å²) in [4.78, 5) is 0. The molecule has 0 fully saturated rings. The van der Waals surface area contributed by atoms with Crippen LogP contribution in [0.4, 0.5) is 0 Å². The van der Waals surface area contributed by atoms with Crippen molar-refractivity contribution >= 4 is 54.4 Å². The summed E-state index contributed by atoms with van der Waals surface area (Å²) < 4.78 is 6.75. The molecule has 4 rings (SSSR count). The summed E-state index contributed by atoms with van der Waals surface area (Å²) in [6.07, 6.45) is 0. The normalized spacial score (nSPS) is 12.3. The van der Waals surface area contributed by atoms with Gasteiger partial charge in [-0.3, -0.25) is 0 Å². The van der Waals surface area contributed by atoms with Gasteiger partial charge in [-0.1, -0.05) is 161 Å². The molecular formula is C32H46N2Si4. The molecule has 1 N–H and O–H groups in total. The van der Waals surface area contributed by atoms with Gasteiger partial charge in [-0.05, 0) is 34.3 Å². The maximum atomic E-state index is 4.04. The first-order valence-corrected chi connectivity index (χ1v) is 25.0. The second-order valence-corrected chi connectivity index (χ2v) is 27.8. The van der Waals surface area contributed by atoms with E-state index in [9.17, 15) is 0 Å². The van der Waals surface area contributed by atoms with Crippen LogP contribution in [0.1, 0.15) is 0 Å². The zero-order valence-corrected chi connectivity index (χ0v) is 28.7. The summed E-state index contributed by atoms with van der Waals surface area (Å²) in [5.74, 6) is 0. The summed E-state index contributed by atoms with van der Waals surface area (Å²) in [6, 6.07) is 43.9. The van der Waals surface area contributed by atoms with Gasteiger partial charge in [0.1, 0.15) is 16.5 Å². The zero-order valence-electron chi connectivity index (χ0n) is 24.6. The Morgan fingerprint density at radius 3 is 1.00 bits per heavy atom. The molecule has 38 heavy (non-hydrogen) atoms.